The van der Waals surface area contributed by atoms with Crippen LogP contribution in [-0.4, -0.2) is 30.7 Å². The summed E-state index contributed by atoms with van der Waals surface area (Å²) in [6, 6.07) is 23.2. The summed E-state index contributed by atoms with van der Waals surface area (Å²) in [5.41, 5.74) is 4.03. The van der Waals surface area contributed by atoms with Crippen LogP contribution in [0.4, 0.5) is 5.82 Å². The number of amides is 1. The van der Waals surface area contributed by atoms with Gasteiger partial charge in [0.2, 0.25) is 0 Å². The van der Waals surface area contributed by atoms with E-state index < -0.39 is 0 Å². The van der Waals surface area contributed by atoms with Crippen LogP contribution in [0.15, 0.2) is 89.5 Å². The number of nitrogens with zero attached hydrogens (tertiary/aromatic N) is 3. The molecule has 0 atom stereocenters. The van der Waals surface area contributed by atoms with E-state index in [1.54, 1.807) is 41.0 Å². The molecule has 8 nitrogen and oxygen atoms in total. The number of hydrogen-bond donors (Lipinski definition) is 4. The molecule has 0 radical (unpaired) electrons. The van der Waals surface area contributed by atoms with E-state index in [4.69, 9.17) is 0 Å². The molecule has 0 bridgehead atoms. The molecule has 0 fully saturated rings. The van der Waals surface area contributed by atoms with Crippen LogP contribution in [0.3, 0.4) is 0 Å². The number of fused-ring (bicyclic) bond motifs is 1. The zero-order valence-corrected chi connectivity index (χ0v) is 20.6. The van der Waals surface area contributed by atoms with Gasteiger partial charge in [-0.15, -0.1) is 0 Å². The molecule has 0 unspecified atom stereocenters. The predicted octanol–water partition coefficient (Wildman–Crippen LogP) is 5.11. The minimum Gasteiger partial charge on any atom is -0.507 e. The Kier molecular flexibility index (Phi) is 6.55. The monoisotopic (exact) mass is 543 g/mol. The maximum Gasteiger partial charge on any atom is 0.255 e. The molecule has 36 heavy (non-hydrogen) atoms. The van der Waals surface area contributed by atoms with Gasteiger partial charge in [-0.1, -0.05) is 48.5 Å². The van der Waals surface area contributed by atoms with E-state index in [0.717, 1.165) is 15.6 Å². The number of benzene rings is 3. The van der Waals surface area contributed by atoms with Crippen molar-refractivity contribution >= 4 is 33.3 Å². The average molecular weight is 544 g/mol. The van der Waals surface area contributed by atoms with Gasteiger partial charge in [0.05, 0.1) is 21.9 Å². The van der Waals surface area contributed by atoms with Crippen LogP contribution in [0.5, 0.6) is 11.5 Å². The number of phenols is 2. The van der Waals surface area contributed by atoms with Crippen molar-refractivity contribution in [1.29, 1.82) is 0 Å². The van der Waals surface area contributed by atoms with Crippen molar-refractivity contribution in [2.24, 2.45) is 0 Å². The second-order valence-corrected chi connectivity index (χ2v) is 9.00. The van der Waals surface area contributed by atoms with E-state index in [1.807, 2.05) is 42.5 Å². The fraction of sp³-hybridized carbons (Fsp3) is 0.0741. The van der Waals surface area contributed by atoms with E-state index >= 15 is 0 Å². The van der Waals surface area contributed by atoms with Crippen molar-refractivity contribution in [2.75, 3.05) is 5.32 Å². The molecule has 0 aliphatic rings. The van der Waals surface area contributed by atoms with E-state index in [-0.39, 0.29) is 23.0 Å². The number of carbonyl (C=O) groups is 1. The van der Waals surface area contributed by atoms with E-state index in [0.29, 0.717) is 35.8 Å². The van der Waals surface area contributed by atoms with Crippen molar-refractivity contribution in [3.05, 3.63) is 106 Å². The zero-order valence-electron chi connectivity index (χ0n) is 19.0. The molecule has 5 rings (SSSR count). The number of aromatic hydroxyl groups is 2. The number of phenolic OH excluding ortho intramolecular Hbond substituents is 2. The Labute approximate surface area is 215 Å². The first-order chi connectivity index (χ1) is 17.5. The summed E-state index contributed by atoms with van der Waals surface area (Å²) < 4.78 is 2.44. The molecule has 0 saturated heterocycles. The first kappa shape index (κ1) is 23.4. The van der Waals surface area contributed by atoms with Gasteiger partial charge in [-0.2, -0.15) is 9.61 Å². The number of rotatable bonds is 7. The van der Waals surface area contributed by atoms with Crippen LogP contribution in [0.25, 0.3) is 16.9 Å². The first-order valence-electron chi connectivity index (χ1n) is 11.2. The van der Waals surface area contributed by atoms with Gasteiger partial charge in [-0.05, 0) is 51.3 Å². The topological polar surface area (TPSA) is 112 Å². The number of carbonyl (C=O) groups excluding carboxylic acids is 1. The van der Waals surface area contributed by atoms with Crippen LogP contribution in [0.2, 0.25) is 0 Å². The molecule has 0 aliphatic carbocycles. The molecule has 3 aromatic carbocycles. The molecule has 9 heteroatoms. The minimum atomic E-state index is -0.336. The van der Waals surface area contributed by atoms with E-state index in [2.05, 4.69) is 36.6 Å². The fourth-order valence-corrected chi connectivity index (χ4v) is 4.22. The van der Waals surface area contributed by atoms with Crippen molar-refractivity contribution < 1.29 is 15.0 Å². The van der Waals surface area contributed by atoms with Gasteiger partial charge < -0.3 is 20.8 Å². The molecule has 1 amide bonds. The summed E-state index contributed by atoms with van der Waals surface area (Å²) >= 11 is 3.50. The second kappa shape index (κ2) is 10.1. The molecule has 0 aliphatic heterocycles. The Morgan fingerprint density at radius 2 is 1.61 bits per heavy atom. The molecule has 180 valence electrons. The molecule has 2 aromatic heterocycles. The fourth-order valence-electron chi connectivity index (χ4n) is 3.88. The maximum absolute atomic E-state index is 12.4. The minimum absolute atomic E-state index is 0.0509. The summed E-state index contributed by atoms with van der Waals surface area (Å²) in [5, 5.41) is 30.9. The number of hydrogen-bond acceptors (Lipinski definition) is 6. The van der Waals surface area contributed by atoms with Crippen molar-refractivity contribution in [3.63, 3.8) is 0 Å². The second-order valence-electron chi connectivity index (χ2n) is 8.15. The lowest BCUT2D eigenvalue weighted by atomic mass is 10.1. The standard InChI is InChI=1S/C27H22BrN5O3/c28-21-16-31-33-25(13-22(32-26(21)33)19-8-1-3-10-23(19)34)29-14-17-6-5-7-18(12-17)15-30-27(36)20-9-2-4-11-24(20)35/h1-13,16,29,34-35H,14-15H2,(H,30,36). The number of para-hydroxylation sites is 2. The predicted molar refractivity (Wildman–Crippen MR) is 141 cm³/mol. The molecule has 5 aromatic rings. The normalized spacial score (nSPS) is 10.9. The van der Waals surface area contributed by atoms with Gasteiger partial charge in [-0.3, -0.25) is 4.79 Å². The maximum atomic E-state index is 12.4. The highest BCUT2D eigenvalue weighted by molar-refractivity contribution is 9.10. The van der Waals surface area contributed by atoms with Crippen LogP contribution in [-0.2, 0) is 13.1 Å². The lowest BCUT2D eigenvalue weighted by molar-refractivity contribution is 0.0948. The van der Waals surface area contributed by atoms with Crippen molar-refractivity contribution in [2.45, 2.75) is 13.1 Å². The van der Waals surface area contributed by atoms with Crippen LogP contribution in [0.1, 0.15) is 21.5 Å². The first-order valence-corrected chi connectivity index (χ1v) is 12.0. The smallest absolute Gasteiger partial charge is 0.255 e. The Morgan fingerprint density at radius 3 is 2.39 bits per heavy atom. The molecule has 4 N–H and O–H groups in total. The van der Waals surface area contributed by atoms with Gasteiger partial charge in [-0.25, -0.2) is 4.98 Å². The van der Waals surface area contributed by atoms with Crippen LogP contribution < -0.4 is 10.6 Å². The Bertz CT molecular complexity index is 1570. The van der Waals surface area contributed by atoms with Gasteiger partial charge in [0.15, 0.2) is 5.65 Å². The van der Waals surface area contributed by atoms with Gasteiger partial charge >= 0.3 is 0 Å². The summed E-state index contributed by atoms with van der Waals surface area (Å²) in [4.78, 5) is 17.1. The lowest BCUT2D eigenvalue weighted by Crippen LogP contribution is -2.22. The SMILES string of the molecule is O=C(NCc1cccc(CNc2cc(-c3ccccc3O)nc3c(Br)cnn23)c1)c1ccccc1O. The quantitative estimate of drug-likeness (QED) is 0.227. The number of aromatic nitrogens is 3. The summed E-state index contributed by atoms with van der Waals surface area (Å²) in [6.45, 7) is 0.822. The summed E-state index contributed by atoms with van der Waals surface area (Å²) in [6.07, 6.45) is 1.68. The zero-order chi connectivity index (χ0) is 25.1. The largest absolute Gasteiger partial charge is 0.507 e. The van der Waals surface area contributed by atoms with Crippen molar-refractivity contribution in [3.8, 4) is 22.8 Å². The van der Waals surface area contributed by atoms with Gasteiger partial charge in [0.1, 0.15) is 17.3 Å². The lowest BCUT2D eigenvalue weighted by Gasteiger charge is -2.13. The van der Waals surface area contributed by atoms with E-state index in [1.165, 1.54) is 6.07 Å². The van der Waals surface area contributed by atoms with Crippen LogP contribution in [0, 0.1) is 0 Å². The molecular weight excluding hydrogens is 522 g/mol. The number of anilines is 1. The van der Waals surface area contributed by atoms with Crippen molar-refractivity contribution in [1.82, 2.24) is 19.9 Å². The highest BCUT2D eigenvalue weighted by Gasteiger charge is 2.14. The molecule has 0 saturated carbocycles. The number of halogens is 1. The van der Waals surface area contributed by atoms with E-state index in [9.17, 15) is 15.0 Å². The number of nitrogens with one attached hydrogen (secondary N) is 2. The highest BCUT2D eigenvalue weighted by Crippen LogP contribution is 2.31. The molecular formula is C27H22BrN5O3. The Balaban J connectivity index is 1.34. The third-order valence-corrected chi connectivity index (χ3v) is 6.23. The Morgan fingerprint density at radius 1 is 0.889 bits per heavy atom. The molecule has 0 spiro atoms. The van der Waals surface area contributed by atoms with Gasteiger partial charge in [0, 0.05) is 24.7 Å². The summed E-state index contributed by atoms with van der Waals surface area (Å²) in [5.74, 6) is 0.471. The third-order valence-electron chi connectivity index (χ3n) is 5.68. The highest BCUT2D eigenvalue weighted by atomic mass is 79.9. The molecule has 2 heterocycles. The third kappa shape index (κ3) is 4.87. The van der Waals surface area contributed by atoms with Gasteiger partial charge in [0.25, 0.3) is 5.91 Å². The summed E-state index contributed by atoms with van der Waals surface area (Å²) in [7, 11) is 0. The Hall–Kier alpha value is -4.37. The van der Waals surface area contributed by atoms with Crippen LogP contribution >= 0.6 is 15.9 Å². The average Bonchev–Trinajstić information content (AvgIpc) is 3.27.